The first kappa shape index (κ1) is 26.6. The summed E-state index contributed by atoms with van der Waals surface area (Å²) in [5, 5.41) is 15.4. The number of nitrogens with one attached hydrogen (secondary N) is 2. The van der Waals surface area contributed by atoms with Crippen molar-refractivity contribution in [3.63, 3.8) is 0 Å². The predicted octanol–water partition coefficient (Wildman–Crippen LogP) is 3.66. The van der Waals surface area contributed by atoms with E-state index in [9.17, 15) is 19.5 Å². The quantitative estimate of drug-likeness (QED) is 0.461. The molecule has 2 rings (SSSR count). The molecule has 1 aliphatic rings. The molecule has 3 amide bonds. The van der Waals surface area contributed by atoms with E-state index in [1.54, 1.807) is 36.1 Å². The molecule has 1 fully saturated rings. The van der Waals surface area contributed by atoms with Gasteiger partial charge in [0, 0.05) is 25.2 Å². The monoisotopic (exact) mass is 461 g/mol. The normalized spacial score (nSPS) is 19.2. The van der Waals surface area contributed by atoms with Crippen LogP contribution in [0, 0.1) is 17.8 Å². The Morgan fingerprint density at radius 1 is 1.21 bits per heavy atom. The molecule has 0 bridgehead atoms. The first-order valence-corrected chi connectivity index (χ1v) is 12.0. The van der Waals surface area contributed by atoms with Crippen LogP contribution in [0.1, 0.15) is 63.7 Å². The molecule has 0 unspecified atom stereocenters. The van der Waals surface area contributed by atoms with E-state index in [0.717, 1.165) is 19.3 Å². The standard InChI is InChI=1S/C25H39N3O5/c1-5-18-15-28(11-10-19(18)14-23(30)26-22(16-29)12-17(3)4)25(32)27-21-9-7-8-20(13-21)24(31)33-6-2/h7-9,13,17-19,22,29H,5-6,10-12,14-16H2,1-4H3,(H,26,30)(H,27,32)/t18-,19+,22-/m1/s1. The van der Waals surface area contributed by atoms with Crippen LogP contribution in [-0.4, -0.2) is 60.3 Å². The molecular formula is C25H39N3O5. The number of piperidine rings is 1. The highest BCUT2D eigenvalue weighted by Crippen LogP contribution is 2.29. The minimum absolute atomic E-state index is 0.0353. The van der Waals surface area contributed by atoms with Gasteiger partial charge in [0.1, 0.15) is 0 Å². The molecule has 8 nitrogen and oxygen atoms in total. The fourth-order valence-electron chi connectivity index (χ4n) is 4.41. The molecule has 184 valence electrons. The summed E-state index contributed by atoms with van der Waals surface area (Å²) >= 11 is 0. The van der Waals surface area contributed by atoms with Crippen LogP contribution in [0.5, 0.6) is 0 Å². The molecule has 33 heavy (non-hydrogen) atoms. The van der Waals surface area contributed by atoms with E-state index in [0.29, 0.717) is 43.3 Å². The van der Waals surface area contributed by atoms with E-state index >= 15 is 0 Å². The number of nitrogens with zero attached hydrogens (tertiary/aromatic N) is 1. The topological polar surface area (TPSA) is 108 Å². The highest BCUT2D eigenvalue weighted by molar-refractivity contribution is 5.94. The number of rotatable bonds is 10. The third kappa shape index (κ3) is 8.35. The molecule has 1 aromatic rings. The van der Waals surface area contributed by atoms with Gasteiger partial charge in [0.2, 0.25) is 5.91 Å². The van der Waals surface area contributed by atoms with Crippen molar-refractivity contribution >= 4 is 23.6 Å². The minimum Gasteiger partial charge on any atom is -0.462 e. The third-order valence-corrected chi connectivity index (χ3v) is 6.12. The number of ether oxygens (including phenoxy) is 1. The number of aliphatic hydroxyl groups is 1. The highest BCUT2D eigenvalue weighted by Gasteiger charge is 2.32. The molecule has 1 heterocycles. The lowest BCUT2D eigenvalue weighted by molar-refractivity contribution is -0.124. The Labute approximate surface area is 197 Å². The van der Waals surface area contributed by atoms with Gasteiger partial charge in [-0.25, -0.2) is 9.59 Å². The summed E-state index contributed by atoms with van der Waals surface area (Å²) < 4.78 is 5.02. The Hall–Kier alpha value is -2.61. The van der Waals surface area contributed by atoms with Gasteiger partial charge in [0.05, 0.1) is 24.8 Å². The van der Waals surface area contributed by atoms with Gasteiger partial charge < -0.3 is 25.4 Å². The lowest BCUT2D eigenvalue weighted by Gasteiger charge is -2.38. The van der Waals surface area contributed by atoms with E-state index in [2.05, 4.69) is 31.4 Å². The van der Waals surface area contributed by atoms with Gasteiger partial charge in [-0.15, -0.1) is 0 Å². The van der Waals surface area contributed by atoms with Gasteiger partial charge in [-0.05, 0) is 55.7 Å². The van der Waals surface area contributed by atoms with E-state index in [1.807, 2.05) is 0 Å². The molecule has 1 aliphatic heterocycles. The average molecular weight is 462 g/mol. The number of carbonyl (C=O) groups excluding carboxylic acids is 3. The molecule has 1 aromatic carbocycles. The predicted molar refractivity (Wildman–Crippen MR) is 128 cm³/mol. The highest BCUT2D eigenvalue weighted by atomic mass is 16.5. The van der Waals surface area contributed by atoms with E-state index in [4.69, 9.17) is 4.74 Å². The molecule has 3 atom stereocenters. The molecule has 1 saturated heterocycles. The van der Waals surface area contributed by atoms with Crippen molar-refractivity contribution in [2.24, 2.45) is 17.8 Å². The van der Waals surface area contributed by atoms with Crippen molar-refractivity contribution in [3.05, 3.63) is 29.8 Å². The molecule has 3 N–H and O–H groups in total. The fourth-order valence-corrected chi connectivity index (χ4v) is 4.41. The van der Waals surface area contributed by atoms with Crippen LogP contribution >= 0.6 is 0 Å². The maximum atomic E-state index is 12.8. The first-order chi connectivity index (χ1) is 15.8. The summed E-state index contributed by atoms with van der Waals surface area (Å²) in [7, 11) is 0. The van der Waals surface area contributed by atoms with Crippen LogP contribution in [0.15, 0.2) is 24.3 Å². The fraction of sp³-hybridized carbons (Fsp3) is 0.640. The summed E-state index contributed by atoms with van der Waals surface area (Å²) in [5.74, 6) is 0.358. The van der Waals surface area contributed by atoms with Crippen LogP contribution in [0.25, 0.3) is 0 Å². The zero-order valence-electron chi connectivity index (χ0n) is 20.3. The molecule has 8 heteroatoms. The van der Waals surface area contributed by atoms with Crippen molar-refractivity contribution in [3.8, 4) is 0 Å². The number of esters is 1. The Kier molecular flexibility index (Phi) is 10.6. The lowest BCUT2D eigenvalue weighted by Crippen LogP contribution is -2.47. The number of hydrogen-bond donors (Lipinski definition) is 3. The summed E-state index contributed by atoms with van der Waals surface area (Å²) in [6, 6.07) is 6.28. The summed E-state index contributed by atoms with van der Waals surface area (Å²) in [5.41, 5.74) is 0.935. The maximum absolute atomic E-state index is 12.8. The third-order valence-electron chi connectivity index (χ3n) is 6.12. The number of urea groups is 1. The number of amides is 3. The number of hydrogen-bond acceptors (Lipinski definition) is 5. The smallest absolute Gasteiger partial charge is 0.338 e. The Morgan fingerprint density at radius 2 is 1.97 bits per heavy atom. The van der Waals surface area contributed by atoms with E-state index < -0.39 is 5.97 Å². The van der Waals surface area contributed by atoms with Gasteiger partial charge in [-0.3, -0.25) is 4.79 Å². The maximum Gasteiger partial charge on any atom is 0.338 e. The summed E-state index contributed by atoms with van der Waals surface area (Å²) in [6.07, 6.45) is 2.77. The second-order valence-corrected chi connectivity index (χ2v) is 9.18. The van der Waals surface area contributed by atoms with Crippen molar-refractivity contribution in [1.82, 2.24) is 10.2 Å². The minimum atomic E-state index is -0.421. The average Bonchev–Trinajstić information content (AvgIpc) is 2.78. The Bertz CT molecular complexity index is 798. The van der Waals surface area contributed by atoms with Crippen molar-refractivity contribution < 1.29 is 24.2 Å². The van der Waals surface area contributed by atoms with Crippen molar-refractivity contribution in [1.29, 1.82) is 0 Å². The molecule has 0 radical (unpaired) electrons. The first-order valence-electron chi connectivity index (χ1n) is 12.0. The Balaban J connectivity index is 1.92. The van der Waals surface area contributed by atoms with Gasteiger partial charge >= 0.3 is 12.0 Å². The summed E-state index contributed by atoms with van der Waals surface area (Å²) in [4.78, 5) is 39.1. The van der Waals surface area contributed by atoms with E-state index in [1.165, 1.54) is 0 Å². The van der Waals surface area contributed by atoms with Crippen LogP contribution in [-0.2, 0) is 9.53 Å². The second-order valence-electron chi connectivity index (χ2n) is 9.18. The zero-order valence-corrected chi connectivity index (χ0v) is 20.3. The van der Waals surface area contributed by atoms with Crippen LogP contribution in [0.2, 0.25) is 0 Å². The molecule has 0 aliphatic carbocycles. The molecule has 0 spiro atoms. The number of aliphatic hydroxyl groups excluding tert-OH is 1. The number of benzene rings is 1. The number of carbonyl (C=O) groups is 3. The zero-order chi connectivity index (χ0) is 24.4. The molecule has 0 aromatic heterocycles. The van der Waals surface area contributed by atoms with Crippen LogP contribution in [0.3, 0.4) is 0 Å². The van der Waals surface area contributed by atoms with Gasteiger partial charge in [0.25, 0.3) is 0 Å². The SMILES string of the molecule is CCOC(=O)c1cccc(NC(=O)N2CC[C@@H](CC(=O)N[C@@H](CO)CC(C)C)[C@H](CC)C2)c1. The number of likely N-dealkylation sites (tertiary alicyclic amines) is 1. The summed E-state index contributed by atoms with van der Waals surface area (Å²) in [6.45, 7) is 9.33. The van der Waals surface area contributed by atoms with Gasteiger partial charge in [-0.2, -0.15) is 0 Å². The number of anilines is 1. The molecule has 0 saturated carbocycles. The largest absolute Gasteiger partial charge is 0.462 e. The van der Waals surface area contributed by atoms with Gasteiger partial charge in [-0.1, -0.05) is 33.3 Å². The van der Waals surface area contributed by atoms with E-state index in [-0.39, 0.29) is 36.4 Å². The second kappa shape index (κ2) is 13.2. The van der Waals surface area contributed by atoms with Crippen molar-refractivity contribution in [2.45, 2.75) is 59.4 Å². The van der Waals surface area contributed by atoms with Crippen LogP contribution in [0.4, 0.5) is 10.5 Å². The lowest BCUT2D eigenvalue weighted by atomic mass is 9.81. The van der Waals surface area contributed by atoms with Crippen molar-refractivity contribution in [2.75, 3.05) is 31.6 Å². The van der Waals surface area contributed by atoms with Crippen LogP contribution < -0.4 is 10.6 Å². The molecular weight excluding hydrogens is 422 g/mol. The Morgan fingerprint density at radius 3 is 2.61 bits per heavy atom. The van der Waals surface area contributed by atoms with Gasteiger partial charge in [0.15, 0.2) is 0 Å².